The van der Waals surface area contributed by atoms with Gasteiger partial charge in [0.15, 0.2) is 11.6 Å². The zero-order chi connectivity index (χ0) is 16.6. The first kappa shape index (κ1) is 15.3. The maximum Gasteiger partial charge on any atom is 0.408 e. The Bertz CT molecular complexity index is 747. The molecule has 6 nitrogen and oxygen atoms in total. The van der Waals surface area contributed by atoms with Crippen molar-refractivity contribution >= 4 is 17.5 Å². The number of ketones is 1. The molecule has 1 N–H and O–H groups in total. The predicted octanol–water partition coefficient (Wildman–Crippen LogP) is 2.40. The van der Waals surface area contributed by atoms with Crippen LogP contribution in [0, 0.1) is 0 Å². The monoisotopic (exact) mass is 326 g/mol. The van der Waals surface area contributed by atoms with Crippen LogP contribution in [0.1, 0.15) is 29.4 Å². The number of hydrogen-bond acceptors (Lipinski definition) is 3. The summed E-state index contributed by atoms with van der Waals surface area (Å²) in [5.41, 5.74) is 0.457. The second-order valence-electron chi connectivity index (χ2n) is 5.28. The highest BCUT2D eigenvalue weighted by Crippen LogP contribution is 2.26. The van der Waals surface area contributed by atoms with Crippen molar-refractivity contribution in [3.05, 3.63) is 36.3 Å². The molecule has 0 bridgehead atoms. The van der Waals surface area contributed by atoms with Crippen molar-refractivity contribution in [3.63, 3.8) is 0 Å². The smallest absolute Gasteiger partial charge is 0.333 e. The molecule has 9 heteroatoms. The number of hydrogen-bond donors (Lipinski definition) is 1. The van der Waals surface area contributed by atoms with Gasteiger partial charge in [-0.2, -0.15) is 18.3 Å². The number of amides is 1. The zero-order valence-corrected chi connectivity index (χ0v) is 11.9. The normalized spacial score (nSPS) is 17.9. The number of carbonyl (C=O) groups is 2. The largest absolute Gasteiger partial charge is 0.408 e. The summed E-state index contributed by atoms with van der Waals surface area (Å²) in [6.07, 6.45) is -0.995. The molecule has 3 rings (SSSR count). The van der Waals surface area contributed by atoms with Crippen LogP contribution in [0.2, 0.25) is 0 Å². The first-order valence-electron chi connectivity index (χ1n) is 6.94. The van der Waals surface area contributed by atoms with Gasteiger partial charge in [-0.3, -0.25) is 14.3 Å². The summed E-state index contributed by atoms with van der Waals surface area (Å²) >= 11 is 0. The topological polar surface area (TPSA) is 68.9 Å². The van der Waals surface area contributed by atoms with E-state index in [-0.39, 0.29) is 18.0 Å². The number of rotatable bonds is 3. The molecule has 2 aromatic heterocycles. The molecule has 1 amide bonds. The van der Waals surface area contributed by atoms with E-state index in [1.54, 1.807) is 22.9 Å². The lowest BCUT2D eigenvalue weighted by atomic mass is 10.0. The third-order valence-electron chi connectivity index (χ3n) is 3.58. The number of carbonyl (C=O) groups excluding carboxylic acids is 2. The number of alkyl halides is 3. The Kier molecular flexibility index (Phi) is 3.70. The zero-order valence-electron chi connectivity index (χ0n) is 11.9. The van der Waals surface area contributed by atoms with Gasteiger partial charge < -0.3 is 9.88 Å². The van der Waals surface area contributed by atoms with E-state index in [1.165, 1.54) is 6.07 Å². The highest BCUT2D eigenvalue weighted by atomic mass is 19.4. The molecule has 122 valence electrons. The van der Waals surface area contributed by atoms with Crippen LogP contribution >= 0.6 is 0 Å². The predicted molar refractivity (Wildman–Crippen MR) is 73.9 cm³/mol. The van der Waals surface area contributed by atoms with Crippen molar-refractivity contribution in [1.82, 2.24) is 14.3 Å². The molecule has 0 saturated carbocycles. The van der Waals surface area contributed by atoms with E-state index in [0.717, 1.165) is 6.20 Å². The third kappa shape index (κ3) is 3.27. The fraction of sp³-hybridized carbons (Fsp3) is 0.357. The van der Waals surface area contributed by atoms with E-state index in [2.05, 4.69) is 10.4 Å². The van der Waals surface area contributed by atoms with Gasteiger partial charge in [0.25, 0.3) is 0 Å². The van der Waals surface area contributed by atoms with E-state index < -0.39 is 24.7 Å². The number of anilines is 1. The second kappa shape index (κ2) is 5.56. The molecule has 0 radical (unpaired) electrons. The van der Waals surface area contributed by atoms with Gasteiger partial charge in [-0.05, 0) is 18.6 Å². The van der Waals surface area contributed by atoms with Crippen LogP contribution in [-0.2, 0) is 11.3 Å². The molecule has 1 atom stereocenters. The summed E-state index contributed by atoms with van der Waals surface area (Å²) in [6.45, 7) is -1.22. The van der Waals surface area contributed by atoms with Gasteiger partial charge in [0.1, 0.15) is 12.6 Å². The van der Waals surface area contributed by atoms with Crippen molar-refractivity contribution in [1.29, 1.82) is 0 Å². The summed E-state index contributed by atoms with van der Waals surface area (Å²) < 4.78 is 39.1. The number of fused-ring (bicyclic) bond motifs is 1. The second-order valence-corrected chi connectivity index (χ2v) is 5.28. The Morgan fingerprint density at radius 3 is 2.87 bits per heavy atom. The molecule has 1 aliphatic rings. The van der Waals surface area contributed by atoms with Crippen LogP contribution in [-0.4, -0.2) is 32.2 Å². The van der Waals surface area contributed by atoms with Gasteiger partial charge in [0.05, 0.1) is 5.69 Å². The Morgan fingerprint density at radius 1 is 1.35 bits per heavy atom. The average molecular weight is 326 g/mol. The molecule has 2 aromatic rings. The van der Waals surface area contributed by atoms with Gasteiger partial charge >= 0.3 is 6.18 Å². The summed E-state index contributed by atoms with van der Waals surface area (Å²) in [5.74, 6) is -0.398. The number of Topliss-reactive ketones (excluding diaryl/α,β-unsaturated/α-hetero) is 1. The molecule has 0 fully saturated rings. The minimum Gasteiger partial charge on any atom is -0.333 e. The van der Waals surface area contributed by atoms with Crippen molar-refractivity contribution < 1.29 is 22.8 Å². The number of nitrogens with one attached hydrogen (secondary N) is 1. The van der Waals surface area contributed by atoms with E-state index in [4.69, 9.17) is 0 Å². The highest BCUT2D eigenvalue weighted by molar-refractivity contribution is 5.99. The minimum atomic E-state index is -4.38. The molecular formula is C14H13F3N4O2. The number of aromatic nitrogens is 3. The number of halogens is 3. The fourth-order valence-electron chi connectivity index (χ4n) is 2.60. The molecule has 0 spiro atoms. The molecule has 1 unspecified atom stereocenters. The van der Waals surface area contributed by atoms with Gasteiger partial charge in [0.2, 0.25) is 5.91 Å². The van der Waals surface area contributed by atoms with E-state index in [1.807, 2.05) is 0 Å². The molecule has 23 heavy (non-hydrogen) atoms. The standard InChI is InChI=1S/C14H13F3N4O2/c15-14(16,17)8-20-7-5-12(19-20)18-13(23)10-3-4-11(22)9-2-1-6-21(9)10/h1-2,5-7,10H,3-4,8H2,(H,18,19,23). The van der Waals surface area contributed by atoms with Gasteiger partial charge in [-0.25, -0.2) is 0 Å². The number of nitrogens with zero attached hydrogens (tertiary/aromatic N) is 3. The van der Waals surface area contributed by atoms with Crippen molar-refractivity contribution in [2.24, 2.45) is 0 Å². The van der Waals surface area contributed by atoms with Crippen LogP contribution < -0.4 is 5.32 Å². The summed E-state index contributed by atoms with van der Waals surface area (Å²) in [6, 6.07) is 4.04. The summed E-state index contributed by atoms with van der Waals surface area (Å²) in [4.78, 5) is 24.0. The van der Waals surface area contributed by atoms with E-state index >= 15 is 0 Å². The molecule has 3 heterocycles. The fourth-order valence-corrected chi connectivity index (χ4v) is 2.60. The summed E-state index contributed by atoms with van der Waals surface area (Å²) in [5, 5.41) is 6.17. The Hall–Kier alpha value is -2.58. The van der Waals surface area contributed by atoms with E-state index in [0.29, 0.717) is 16.8 Å². The molecule has 0 saturated heterocycles. The lowest BCUT2D eigenvalue weighted by Crippen LogP contribution is -2.31. The first-order valence-corrected chi connectivity index (χ1v) is 6.94. The van der Waals surface area contributed by atoms with E-state index in [9.17, 15) is 22.8 Å². The highest BCUT2D eigenvalue weighted by Gasteiger charge is 2.31. The van der Waals surface area contributed by atoms with Crippen molar-refractivity contribution in [2.45, 2.75) is 31.6 Å². The Balaban J connectivity index is 1.71. The lowest BCUT2D eigenvalue weighted by Gasteiger charge is -2.24. The van der Waals surface area contributed by atoms with Crippen LogP contribution in [0.4, 0.5) is 19.0 Å². The lowest BCUT2D eigenvalue weighted by molar-refractivity contribution is -0.142. The maximum atomic E-state index is 12.3. The average Bonchev–Trinajstić information content (AvgIpc) is 3.07. The van der Waals surface area contributed by atoms with Gasteiger partial charge in [0, 0.05) is 24.9 Å². The molecule has 1 aliphatic heterocycles. The van der Waals surface area contributed by atoms with Crippen molar-refractivity contribution in [3.8, 4) is 0 Å². The van der Waals surface area contributed by atoms with Crippen LogP contribution in [0.25, 0.3) is 0 Å². The van der Waals surface area contributed by atoms with Gasteiger partial charge in [-0.1, -0.05) is 0 Å². The summed E-state index contributed by atoms with van der Waals surface area (Å²) in [7, 11) is 0. The van der Waals surface area contributed by atoms with Crippen LogP contribution in [0.5, 0.6) is 0 Å². The SMILES string of the molecule is O=C1CCC(C(=O)Nc2ccn(CC(F)(F)F)n2)n2cccc21. The minimum absolute atomic E-state index is 0.0338. The quantitative estimate of drug-likeness (QED) is 0.942. The third-order valence-corrected chi connectivity index (χ3v) is 3.58. The molecule has 0 aromatic carbocycles. The molecular weight excluding hydrogens is 313 g/mol. The Labute approximate surface area is 128 Å². The van der Waals surface area contributed by atoms with Crippen molar-refractivity contribution in [2.75, 3.05) is 5.32 Å². The first-order chi connectivity index (χ1) is 10.8. The maximum absolute atomic E-state index is 12.3. The van der Waals surface area contributed by atoms with Crippen LogP contribution in [0.15, 0.2) is 30.6 Å². The Morgan fingerprint density at radius 2 is 2.13 bits per heavy atom. The van der Waals surface area contributed by atoms with Crippen LogP contribution in [0.3, 0.4) is 0 Å². The van der Waals surface area contributed by atoms with Gasteiger partial charge in [-0.15, -0.1) is 0 Å². The molecule has 0 aliphatic carbocycles.